The van der Waals surface area contributed by atoms with Crippen LogP contribution in [0.3, 0.4) is 0 Å². The van der Waals surface area contributed by atoms with E-state index < -0.39 is 12.0 Å². The lowest BCUT2D eigenvalue weighted by Crippen LogP contribution is -2.39. The Morgan fingerprint density at radius 3 is 2.36 bits per heavy atom. The van der Waals surface area contributed by atoms with Gasteiger partial charge in [0.1, 0.15) is 6.04 Å². The molecule has 1 fully saturated rings. The van der Waals surface area contributed by atoms with E-state index >= 15 is 0 Å². The fourth-order valence-electron chi connectivity index (χ4n) is 3.84. The largest absolute Gasteiger partial charge is 0.480 e. The first-order valence-electron chi connectivity index (χ1n) is 9.12. The normalized spacial score (nSPS) is 19.3. The van der Waals surface area contributed by atoms with Crippen LogP contribution in [-0.4, -0.2) is 28.6 Å². The molecular formula is C22H27NO2. The van der Waals surface area contributed by atoms with Crippen LogP contribution in [0.1, 0.15) is 60.9 Å². The van der Waals surface area contributed by atoms with E-state index in [-0.39, 0.29) is 6.04 Å². The van der Waals surface area contributed by atoms with Gasteiger partial charge >= 0.3 is 5.97 Å². The Bertz CT molecular complexity index is 736. The molecule has 2 atom stereocenters. The number of aryl methyl sites for hydroxylation is 1. The first-order chi connectivity index (χ1) is 12.0. The predicted octanol–water partition coefficient (Wildman–Crippen LogP) is 4.76. The molecule has 25 heavy (non-hydrogen) atoms. The minimum absolute atomic E-state index is 0.00953. The Morgan fingerprint density at radius 1 is 1.08 bits per heavy atom. The van der Waals surface area contributed by atoms with Crippen molar-refractivity contribution in [2.24, 2.45) is 0 Å². The number of hydrogen-bond acceptors (Lipinski definition) is 2. The highest BCUT2D eigenvalue weighted by Gasteiger charge is 2.36. The maximum atomic E-state index is 11.7. The second kappa shape index (κ2) is 7.40. The van der Waals surface area contributed by atoms with Crippen LogP contribution in [0.5, 0.6) is 0 Å². The van der Waals surface area contributed by atoms with Crippen molar-refractivity contribution in [1.82, 2.24) is 4.90 Å². The molecule has 2 aromatic rings. The third-order valence-electron chi connectivity index (χ3n) is 5.19. The average molecular weight is 337 g/mol. The summed E-state index contributed by atoms with van der Waals surface area (Å²) in [7, 11) is 0. The summed E-state index contributed by atoms with van der Waals surface area (Å²) in [6.07, 6.45) is 1.66. The highest BCUT2D eigenvalue weighted by Crippen LogP contribution is 2.35. The van der Waals surface area contributed by atoms with Gasteiger partial charge in [-0.2, -0.15) is 0 Å². The summed E-state index contributed by atoms with van der Waals surface area (Å²) in [5.41, 5.74) is 4.85. The molecule has 0 aliphatic carbocycles. The van der Waals surface area contributed by atoms with E-state index in [1.54, 1.807) is 0 Å². The Labute approximate surface area is 150 Å². The molecule has 3 rings (SSSR count). The van der Waals surface area contributed by atoms with E-state index in [1.807, 2.05) is 0 Å². The summed E-state index contributed by atoms with van der Waals surface area (Å²) >= 11 is 0. The van der Waals surface area contributed by atoms with Crippen molar-refractivity contribution in [3.05, 3.63) is 70.8 Å². The van der Waals surface area contributed by atoms with E-state index in [2.05, 4.69) is 74.2 Å². The number of carbonyl (C=O) groups is 1. The van der Waals surface area contributed by atoms with Gasteiger partial charge in [0.05, 0.1) is 6.04 Å². The first-order valence-corrected chi connectivity index (χ1v) is 9.12. The summed E-state index contributed by atoms with van der Waals surface area (Å²) in [6, 6.07) is 16.7. The van der Waals surface area contributed by atoms with Crippen LogP contribution >= 0.6 is 0 Å². The zero-order valence-electron chi connectivity index (χ0n) is 15.3. The monoisotopic (exact) mass is 337 g/mol. The molecule has 1 saturated heterocycles. The van der Waals surface area contributed by atoms with Crippen molar-refractivity contribution in [3.63, 3.8) is 0 Å². The van der Waals surface area contributed by atoms with Crippen LogP contribution < -0.4 is 0 Å². The predicted molar refractivity (Wildman–Crippen MR) is 101 cm³/mol. The maximum absolute atomic E-state index is 11.7. The van der Waals surface area contributed by atoms with Gasteiger partial charge in [0, 0.05) is 6.54 Å². The van der Waals surface area contributed by atoms with Gasteiger partial charge in [-0.15, -0.1) is 0 Å². The molecule has 0 bridgehead atoms. The third-order valence-corrected chi connectivity index (χ3v) is 5.19. The second-order valence-electron chi connectivity index (χ2n) is 7.37. The number of carboxylic acid groups (broad SMARTS) is 1. The standard InChI is InChI=1S/C22H27NO2/c1-15(2)17-9-11-18(12-10-17)21(19-7-4-6-16(3)14-19)23-13-5-8-20(23)22(24)25/h4,6-7,9-12,14-15,20-21H,5,8,13H2,1-3H3,(H,24,25). The van der Waals surface area contributed by atoms with Crippen molar-refractivity contribution in [2.45, 2.75) is 51.6 Å². The molecule has 3 heteroatoms. The van der Waals surface area contributed by atoms with Gasteiger partial charge in [0.2, 0.25) is 0 Å². The smallest absolute Gasteiger partial charge is 0.320 e. The molecule has 2 aromatic carbocycles. The first kappa shape index (κ1) is 17.7. The summed E-state index contributed by atoms with van der Waals surface area (Å²) < 4.78 is 0. The van der Waals surface area contributed by atoms with Crippen molar-refractivity contribution in [1.29, 1.82) is 0 Å². The Hall–Kier alpha value is -2.13. The van der Waals surface area contributed by atoms with Gasteiger partial charge in [-0.1, -0.05) is 67.9 Å². The van der Waals surface area contributed by atoms with Crippen LogP contribution in [-0.2, 0) is 4.79 Å². The molecule has 0 radical (unpaired) electrons. The average Bonchev–Trinajstić information content (AvgIpc) is 3.05. The van der Waals surface area contributed by atoms with E-state index in [0.29, 0.717) is 5.92 Å². The number of likely N-dealkylation sites (tertiary alicyclic amines) is 1. The molecule has 3 nitrogen and oxygen atoms in total. The summed E-state index contributed by atoms with van der Waals surface area (Å²) in [5, 5.41) is 9.66. The summed E-state index contributed by atoms with van der Waals surface area (Å²) in [4.78, 5) is 13.9. The van der Waals surface area contributed by atoms with Crippen LogP contribution in [0.2, 0.25) is 0 Å². The summed E-state index contributed by atoms with van der Waals surface area (Å²) in [5.74, 6) is -0.223. The lowest BCUT2D eigenvalue weighted by Gasteiger charge is -2.32. The Morgan fingerprint density at radius 2 is 1.76 bits per heavy atom. The molecule has 1 aliphatic heterocycles. The molecule has 0 spiro atoms. The molecule has 1 N–H and O–H groups in total. The van der Waals surface area contributed by atoms with Gasteiger partial charge in [-0.05, 0) is 42.4 Å². The zero-order chi connectivity index (χ0) is 18.0. The highest BCUT2D eigenvalue weighted by atomic mass is 16.4. The van der Waals surface area contributed by atoms with Gasteiger partial charge in [-0.3, -0.25) is 9.69 Å². The molecule has 1 aliphatic rings. The topological polar surface area (TPSA) is 40.5 Å². The quantitative estimate of drug-likeness (QED) is 0.855. The van der Waals surface area contributed by atoms with Gasteiger partial charge in [0.25, 0.3) is 0 Å². The van der Waals surface area contributed by atoms with Crippen LogP contribution in [0, 0.1) is 6.92 Å². The number of hydrogen-bond donors (Lipinski definition) is 1. The van der Waals surface area contributed by atoms with Gasteiger partial charge in [0.15, 0.2) is 0 Å². The Kier molecular flexibility index (Phi) is 5.24. The SMILES string of the molecule is Cc1cccc(C(c2ccc(C(C)C)cc2)N2CCCC2C(=O)O)c1. The lowest BCUT2D eigenvalue weighted by molar-refractivity contribution is -0.142. The van der Waals surface area contributed by atoms with Crippen LogP contribution in [0.15, 0.2) is 48.5 Å². The van der Waals surface area contributed by atoms with Crippen LogP contribution in [0.4, 0.5) is 0 Å². The fraction of sp³-hybridized carbons (Fsp3) is 0.409. The van der Waals surface area contributed by atoms with E-state index in [0.717, 1.165) is 19.4 Å². The highest BCUT2D eigenvalue weighted by molar-refractivity contribution is 5.74. The Balaban J connectivity index is 2.04. The molecule has 0 aromatic heterocycles. The van der Waals surface area contributed by atoms with Gasteiger partial charge < -0.3 is 5.11 Å². The van der Waals surface area contributed by atoms with Crippen molar-refractivity contribution >= 4 is 5.97 Å². The molecule has 0 amide bonds. The number of carboxylic acids is 1. The minimum atomic E-state index is -0.714. The lowest BCUT2D eigenvalue weighted by atomic mass is 9.93. The van der Waals surface area contributed by atoms with E-state index in [4.69, 9.17) is 0 Å². The van der Waals surface area contributed by atoms with E-state index in [1.165, 1.54) is 22.3 Å². The van der Waals surface area contributed by atoms with Gasteiger partial charge in [-0.25, -0.2) is 0 Å². The third kappa shape index (κ3) is 3.77. The van der Waals surface area contributed by atoms with Crippen molar-refractivity contribution < 1.29 is 9.90 Å². The number of benzene rings is 2. The molecule has 2 unspecified atom stereocenters. The number of nitrogens with zero attached hydrogens (tertiary/aromatic N) is 1. The van der Waals surface area contributed by atoms with Crippen molar-refractivity contribution in [2.75, 3.05) is 6.54 Å². The second-order valence-corrected chi connectivity index (χ2v) is 7.37. The maximum Gasteiger partial charge on any atom is 0.320 e. The summed E-state index contributed by atoms with van der Waals surface area (Å²) in [6.45, 7) is 7.28. The number of aliphatic carboxylic acids is 1. The molecule has 132 valence electrons. The zero-order valence-corrected chi connectivity index (χ0v) is 15.3. The van der Waals surface area contributed by atoms with Crippen molar-refractivity contribution in [3.8, 4) is 0 Å². The number of rotatable bonds is 5. The van der Waals surface area contributed by atoms with E-state index in [9.17, 15) is 9.90 Å². The van der Waals surface area contributed by atoms with Crippen LogP contribution in [0.25, 0.3) is 0 Å². The molecular weight excluding hydrogens is 310 g/mol. The molecule has 0 saturated carbocycles. The fourth-order valence-corrected chi connectivity index (χ4v) is 3.84. The minimum Gasteiger partial charge on any atom is -0.480 e. The molecule has 1 heterocycles.